The lowest BCUT2D eigenvalue weighted by Gasteiger charge is -2.25. The normalized spacial score (nSPS) is 19.7. The number of carbonyl (C=O) groups is 1. The molecule has 122 valence electrons. The van der Waals surface area contributed by atoms with Gasteiger partial charge in [0.25, 0.3) is 0 Å². The molecule has 1 aliphatic heterocycles. The number of likely N-dealkylation sites (tertiary alicyclic amines) is 1. The Bertz CT molecular complexity index is 652. The van der Waals surface area contributed by atoms with Crippen molar-refractivity contribution in [1.82, 2.24) is 10.2 Å². The van der Waals surface area contributed by atoms with Gasteiger partial charge in [-0.2, -0.15) is 0 Å². The van der Waals surface area contributed by atoms with Crippen molar-refractivity contribution in [2.45, 2.75) is 45.3 Å². The lowest BCUT2D eigenvalue weighted by Crippen LogP contribution is -2.43. The van der Waals surface area contributed by atoms with E-state index in [-0.39, 0.29) is 18.0 Å². The van der Waals surface area contributed by atoms with Crippen molar-refractivity contribution in [3.05, 3.63) is 57.8 Å². The van der Waals surface area contributed by atoms with Gasteiger partial charge in [0.15, 0.2) is 0 Å². The highest BCUT2D eigenvalue weighted by molar-refractivity contribution is 7.12. The van der Waals surface area contributed by atoms with Gasteiger partial charge in [-0.05, 0) is 50.9 Å². The maximum atomic E-state index is 12.7. The third kappa shape index (κ3) is 4.01. The van der Waals surface area contributed by atoms with Crippen LogP contribution in [0.15, 0.2) is 42.5 Å². The second-order valence-electron chi connectivity index (χ2n) is 6.29. The quantitative estimate of drug-likeness (QED) is 0.903. The van der Waals surface area contributed by atoms with Gasteiger partial charge in [0.05, 0.1) is 12.1 Å². The minimum Gasteiger partial charge on any atom is -0.347 e. The van der Waals surface area contributed by atoms with E-state index in [1.807, 2.05) is 6.07 Å². The summed E-state index contributed by atoms with van der Waals surface area (Å²) in [4.78, 5) is 17.5. The Hall–Kier alpha value is -1.65. The molecule has 3 rings (SSSR count). The highest BCUT2D eigenvalue weighted by atomic mass is 32.1. The average molecular weight is 328 g/mol. The highest BCUT2D eigenvalue weighted by Crippen LogP contribution is 2.24. The van der Waals surface area contributed by atoms with Crippen LogP contribution in [0.5, 0.6) is 0 Å². The number of hydrogen-bond acceptors (Lipinski definition) is 3. The van der Waals surface area contributed by atoms with Crippen LogP contribution in [0.1, 0.15) is 41.1 Å². The van der Waals surface area contributed by atoms with Crippen LogP contribution < -0.4 is 5.32 Å². The molecule has 23 heavy (non-hydrogen) atoms. The van der Waals surface area contributed by atoms with Crippen molar-refractivity contribution in [3.8, 4) is 0 Å². The van der Waals surface area contributed by atoms with Crippen molar-refractivity contribution in [2.24, 2.45) is 0 Å². The molecule has 1 fully saturated rings. The van der Waals surface area contributed by atoms with Crippen molar-refractivity contribution in [2.75, 3.05) is 6.54 Å². The number of benzene rings is 1. The number of thiophene rings is 1. The van der Waals surface area contributed by atoms with E-state index in [1.54, 1.807) is 11.3 Å². The first kappa shape index (κ1) is 16.2. The van der Waals surface area contributed by atoms with E-state index in [4.69, 9.17) is 0 Å². The molecule has 0 radical (unpaired) electrons. The zero-order valence-corrected chi connectivity index (χ0v) is 14.6. The minimum atomic E-state index is -0.00119. The minimum absolute atomic E-state index is 0.00119. The van der Waals surface area contributed by atoms with Crippen LogP contribution in [0.25, 0.3) is 0 Å². The first-order valence-electron chi connectivity index (χ1n) is 8.28. The molecule has 1 N–H and O–H groups in total. The van der Waals surface area contributed by atoms with E-state index in [0.717, 1.165) is 25.9 Å². The first-order valence-corrected chi connectivity index (χ1v) is 9.10. The predicted molar refractivity (Wildman–Crippen MR) is 95.5 cm³/mol. The van der Waals surface area contributed by atoms with Crippen LogP contribution >= 0.6 is 11.3 Å². The number of carbonyl (C=O) groups excluding carboxylic acids is 1. The largest absolute Gasteiger partial charge is 0.347 e. The summed E-state index contributed by atoms with van der Waals surface area (Å²) >= 11 is 1.76. The van der Waals surface area contributed by atoms with Crippen LogP contribution in [-0.4, -0.2) is 23.4 Å². The molecule has 0 saturated carbocycles. The van der Waals surface area contributed by atoms with Gasteiger partial charge in [-0.15, -0.1) is 11.3 Å². The SMILES string of the molecule is Cc1ccc([C@H](C)NC(=O)[C@H]2CCCN2Cc2ccccc2)s1. The zero-order chi connectivity index (χ0) is 16.2. The number of nitrogens with zero attached hydrogens (tertiary/aromatic N) is 1. The van der Waals surface area contributed by atoms with E-state index in [1.165, 1.54) is 15.3 Å². The first-order chi connectivity index (χ1) is 11.1. The maximum absolute atomic E-state index is 12.7. The summed E-state index contributed by atoms with van der Waals surface area (Å²) in [6.45, 7) is 6.02. The summed E-state index contributed by atoms with van der Waals surface area (Å²) in [5.41, 5.74) is 1.27. The molecule has 3 nitrogen and oxygen atoms in total. The Morgan fingerprint density at radius 2 is 2.09 bits per heavy atom. The molecule has 2 aromatic rings. The molecule has 1 amide bonds. The van der Waals surface area contributed by atoms with Gasteiger partial charge in [-0.25, -0.2) is 0 Å². The Morgan fingerprint density at radius 1 is 1.30 bits per heavy atom. The Balaban J connectivity index is 1.61. The molecule has 0 bridgehead atoms. The molecule has 4 heteroatoms. The average Bonchev–Trinajstić information content (AvgIpc) is 3.17. The third-order valence-corrected chi connectivity index (χ3v) is 5.62. The topological polar surface area (TPSA) is 32.3 Å². The lowest BCUT2D eigenvalue weighted by atomic mass is 10.1. The Labute approximate surface area is 142 Å². The van der Waals surface area contributed by atoms with E-state index in [9.17, 15) is 4.79 Å². The van der Waals surface area contributed by atoms with E-state index >= 15 is 0 Å². The van der Waals surface area contributed by atoms with E-state index in [0.29, 0.717) is 0 Å². The van der Waals surface area contributed by atoms with Crippen LogP contribution in [0.4, 0.5) is 0 Å². The molecule has 1 aromatic heterocycles. The van der Waals surface area contributed by atoms with Crippen molar-refractivity contribution in [3.63, 3.8) is 0 Å². The van der Waals surface area contributed by atoms with Crippen molar-refractivity contribution >= 4 is 17.2 Å². The van der Waals surface area contributed by atoms with E-state index < -0.39 is 0 Å². The third-order valence-electron chi connectivity index (χ3n) is 4.44. The molecule has 0 unspecified atom stereocenters. The van der Waals surface area contributed by atoms with Crippen LogP contribution in [0, 0.1) is 6.92 Å². The second kappa shape index (κ2) is 7.28. The Kier molecular flexibility index (Phi) is 5.13. The smallest absolute Gasteiger partial charge is 0.237 e. The zero-order valence-electron chi connectivity index (χ0n) is 13.8. The van der Waals surface area contributed by atoms with Crippen LogP contribution in [-0.2, 0) is 11.3 Å². The summed E-state index contributed by atoms with van der Waals surface area (Å²) in [5, 5.41) is 3.20. The molecule has 0 spiro atoms. The molecular formula is C19H24N2OS. The van der Waals surface area contributed by atoms with Gasteiger partial charge in [-0.3, -0.25) is 9.69 Å². The van der Waals surface area contributed by atoms with Gasteiger partial charge >= 0.3 is 0 Å². The fourth-order valence-corrected chi connectivity index (χ4v) is 4.08. The van der Waals surface area contributed by atoms with Gasteiger partial charge in [0, 0.05) is 16.3 Å². The summed E-state index contributed by atoms with van der Waals surface area (Å²) in [6, 6.07) is 14.7. The number of rotatable bonds is 5. The van der Waals surface area contributed by atoms with Gasteiger partial charge in [0.1, 0.15) is 0 Å². The number of nitrogens with one attached hydrogen (secondary N) is 1. The molecule has 0 aliphatic carbocycles. The van der Waals surface area contributed by atoms with Crippen LogP contribution in [0.3, 0.4) is 0 Å². The molecule has 1 aromatic carbocycles. The second-order valence-corrected chi connectivity index (χ2v) is 7.61. The van der Waals surface area contributed by atoms with Gasteiger partial charge < -0.3 is 5.32 Å². The number of amides is 1. The maximum Gasteiger partial charge on any atom is 0.237 e. The molecule has 1 aliphatic rings. The van der Waals surface area contributed by atoms with Gasteiger partial charge in [-0.1, -0.05) is 30.3 Å². The van der Waals surface area contributed by atoms with Gasteiger partial charge in [0.2, 0.25) is 5.91 Å². The van der Waals surface area contributed by atoms with E-state index in [2.05, 4.69) is 60.5 Å². The van der Waals surface area contributed by atoms with Crippen molar-refractivity contribution in [1.29, 1.82) is 0 Å². The fourth-order valence-electron chi connectivity index (χ4n) is 3.20. The van der Waals surface area contributed by atoms with Crippen molar-refractivity contribution < 1.29 is 4.79 Å². The lowest BCUT2D eigenvalue weighted by molar-refractivity contribution is -0.126. The summed E-state index contributed by atoms with van der Waals surface area (Å²) in [6.07, 6.45) is 2.05. The highest BCUT2D eigenvalue weighted by Gasteiger charge is 2.31. The molecule has 2 heterocycles. The molecule has 1 saturated heterocycles. The predicted octanol–water partition coefficient (Wildman–Crippen LogP) is 3.90. The fraction of sp³-hybridized carbons (Fsp3) is 0.421. The summed E-state index contributed by atoms with van der Waals surface area (Å²) in [7, 11) is 0. The summed E-state index contributed by atoms with van der Waals surface area (Å²) < 4.78 is 0. The Morgan fingerprint density at radius 3 is 2.78 bits per heavy atom. The monoisotopic (exact) mass is 328 g/mol. The van der Waals surface area contributed by atoms with Crippen LogP contribution in [0.2, 0.25) is 0 Å². The number of hydrogen-bond donors (Lipinski definition) is 1. The number of aryl methyl sites for hydroxylation is 1. The standard InChI is InChI=1S/C19H24N2OS/c1-14-10-11-18(23-14)15(2)20-19(22)17-9-6-12-21(17)13-16-7-4-3-5-8-16/h3-5,7-8,10-11,15,17H,6,9,12-13H2,1-2H3,(H,20,22)/t15-,17+/m0/s1. The summed E-state index contributed by atoms with van der Waals surface area (Å²) in [5.74, 6) is 0.164. The molecular weight excluding hydrogens is 304 g/mol. The molecule has 2 atom stereocenters.